The van der Waals surface area contributed by atoms with Crippen molar-refractivity contribution >= 4 is 81.0 Å². The Bertz CT molecular complexity index is 1940. The van der Waals surface area contributed by atoms with Crippen LogP contribution in [-0.4, -0.2) is 49.5 Å². The van der Waals surface area contributed by atoms with Gasteiger partial charge >= 0.3 is 6.92 Å². The fourth-order valence-electron chi connectivity index (χ4n) is 7.39. The van der Waals surface area contributed by atoms with Crippen LogP contribution in [0.3, 0.4) is 0 Å². The third-order valence-corrected chi connectivity index (χ3v) is 11.1. The Morgan fingerprint density at radius 3 is 2.27 bits per heavy atom. The molecule has 1 saturated heterocycles. The fraction of sp³-hybridized carbons (Fsp3) is 0.350. The van der Waals surface area contributed by atoms with E-state index in [1.54, 1.807) is 0 Å². The molecular formula is C40H48B4O3S. The van der Waals surface area contributed by atoms with Crippen molar-refractivity contribution in [3.05, 3.63) is 77.9 Å². The maximum Gasteiger partial charge on any atom is 0.331 e. The number of rotatable bonds is 9. The second kappa shape index (κ2) is 13.3. The molecule has 1 atom stereocenters. The molecule has 0 aromatic heterocycles. The summed E-state index contributed by atoms with van der Waals surface area (Å²) in [7, 11) is 6.64. The molecule has 0 spiro atoms. The van der Waals surface area contributed by atoms with Gasteiger partial charge in [-0.1, -0.05) is 92.1 Å². The number of ether oxygens (including phenoxy) is 2. The van der Waals surface area contributed by atoms with E-state index >= 15 is 0 Å². The summed E-state index contributed by atoms with van der Waals surface area (Å²) in [6, 6.07) is 25.1. The van der Waals surface area contributed by atoms with Gasteiger partial charge in [0.05, 0.1) is 0 Å². The van der Waals surface area contributed by atoms with Crippen LogP contribution in [0.2, 0.25) is 12.6 Å². The molecule has 1 aliphatic heterocycles. The highest BCUT2D eigenvalue weighted by Crippen LogP contribution is 2.48. The molecule has 48 heavy (non-hydrogen) atoms. The Morgan fingerprint density at radius 1 is 0.917 bits per heavy atom. The lowest BCUT2D eigenvalue weighted by Gasteiger charge is -2.29. The zero-order valence-corrected chi connectivity index (χ0v) is 31.4. The monoisotopic (exact) mass is 652 g/mol. The zero-order chi connectivity index (χ0) is 34.5. The highest BCUT2D eigenvalue weighted by molar-refractivity contribution is 7.80. The minimum atomic E-state index is -0.230. The minimum Gasteiger partial charge on any atom is -0.467 e. The minimum absolute atomic E-state index is 0.0544. The number of hydrogen-bond donors (Lipinski definition) is 1. The average Bonchev–Trinajstić information content (AvgIpc) is 3.30. The van der Waals surface area contributed by atoms with Crippen LogP contribution in [0, 0.1) is 12.8 Å². The van der Waals surface area contributed by atoms with Crippen LogP contribution in [0.1, 0.15) is 52.7 Å². The summed E-state index contributed by atoms with van der Waals surface area (Å²) in [6.07, 6.45) is 1.94. The van der Waals surface area contributed by atoms with Crippen molar-refractivity contribution in [3.63, 3.8) is 0 Å². The number of thiol groups is 1. The van der Waals surface area contributed by atoms with Crippen molar-refractivity contribution in [1.82, 2.24) is 0 Å². The molecule has 244 valence electrons. The Kier molecular flexibility index (Phi) is 9.67. The first-order valence-corrected chi connectivity index (χ1v) is 18.0. The standard InChI is InChI=1S/C40H48B4O3S/c1-8-45-22-46-38-34(16-26(39(4,5)21-41)17-35(38)44-20-24(3)40(6,7)47-44)37-30-11-9-27(42)18-32(30)36(25-13-23(2)14-28(43)15-25)33-19-29(48)10-12-31(33)37/h9-19,24,48H,8,20-22,41-43H2,1-7H3. The van der Waals surface area contributed by atoms with Gasteiger partial charge in [0.15, 0.2) is 6.79 Å². The summed E-state index contributed by atoms with van der Waals surface area (Å²) in [4.78, 5) is 0.941. The van der Waals surface area contributed by atoms with Gasteiger partial charge in [0, 0.05) is 28.2 Å². The largest absolute Gasteiger partial charge is 0.467 e. The van der Waals surface area contributed by atoms with Crippen molar-refractivity contribution in [2.75, 3.05) is 13.4 Å². The van der Waals surface area contributed by atoms with Gasteiger partial charge < -0.3 is 14.1 Å². The number of hydrogen-bond acceptors (Lipinski definition) is 4. The molecule has 5 aromatic rings. The number of fused-ring (bicyclic) bond motifs is 2. The van der Waals surface area contributed by atoms with E-state index < -0.39 is 0 Å². The van der Waals surface area contributed by atoms with Gasteiger partial charge in [-0.2, -0.15) is 0 Å². The van der Waals surface area contributed by atoms with E-state index in [0.717, 1.165) is 34.3 Å². The van der Waals surface area contributed by atoms with E-state index in [1.807, 2.05) is 6.92 Å². The molecule has 8 heteroatoms. The molecule has 0 aliphatic carbocycles. The Hall–Kier alpha value is -3.05. The first kappa shape index (κ1) is 34.8. The van der Waals surface area contributed by atoms with Crippen LogP contribution in [0.25, 0.3) is 43.8 Å². The van der Waals surface area contributed by atoms with Crippen LogP contribution in [0.4, 0.5) is 0 Å². The highest BCUT2D eigenvalue weighted by Gasteiger charge is 2.44. The molecular weight excluding hydrogens is 604 g/mol. The summed E-state index contributed by atoms with van der Waals surface area (Å²) >= 11 is 4.88. The molecule has 0 N–H and O–H groups in total. The Morgan fingerprint density at radius 2 is 1.62 bits per heavy atom. The molecule has 1 heterocycles. The quantitative estimate of drug-likeness (QED) is 0.0720. The predicted molar refractivity (Wildman–Crippen MR) is 219 cm³/mol. The smallest absolute Gasteiger partial charge is 0.331 e. The highest BCUT2D eigenvalue weighted by atomic mass is 32.1. The number of aryl methyl sites for hydroxylation is 1. The lowest BCUT2D eigenvalue weighted by Crippen LogP contribution is -2.36. The van der Waals surface area contributed by atoms with E-state index in [4.69, 9.17) is 26.8 Å². The molecule has 1 unspecified atom stereocenters. The van der Waals surface area contributed by atoms with E-state index in [0.29, 0.717) is 12.5 Å². The lowest BCUT2D eigenvalue weighted by atomic mass is 9.55. The van der Waals surface area contributed by atoms with Gasteiger partial charge in [-0.25, -0.2) is 0 Å². The van der Waals surface area contributed by atoms with Crippen LogP contribution in [0.5, 0.6) is 5.75 Å². The van der Waals surface area contributed by atoms with Crippen LogP contribution >= 0.6 is 12.6 Å². The first-order valence-electron chi connectivity index (χ1n) is 17.6. The van der Waals surface area contributed by atoms with Gasteiger partial charge in [-0.3, -0.25) is 0 Å². The zero-order valence-electron chi connectivity index (χ0n) is 30.5. The molecule has 0 bridgehead atoms. The van der Waals surface area contributed by atoms with Gasteiger partial charge in [0.25, 0.3) is 0 Å². The molecule has 3 nitrogen and oxygen atoms in total. The van der Waals surface area contributed by atoms with E-state index in [-0.39, 0.29) is 24.7 Å². The molecule has 0 amide bonds. The maximum absolute atomic E-state index is 6.86. The summed E-state index contributed by atoms with van der Waals surface area (Å²) in [6.45, 7) is 16.3. The van der Waals surface area contributed by atoms with Gasteiger partial charge in [-0.15, -0.1) is 12.6 Å². The second-order valence-corrected chi connectivity index (χ2v) is 15.7. The van der Waals surface area contributed by atoms with Gasteiger partial charge in [-0.05, 0) is 107 Å². The van der Waals surface area contributed by atoms with Crippen molar-refractivity contribution in [1.29, 1.82) is 0 Å². The lowest BCUT2D eigenvalue weighted by molar-refractivity contribution is 0.0232. The van der Waals surface area contributed by atoms with Crippen LogP contribution < -0.4 is 21.1 Å². The van der Waals surface area contributed by atoms with Crippen molar-refractivity contribution in [2.45, 2.75) is 77.0 Å². The fourth-order valence-corrected chi connectivity index (χ4v) is 7.60. The Labute approximate surface area is 296 Å². The van der Waals surface area contributed by atoms with Crippen LogP contribution in [0.15, 0.2) is 71.6 Å². The summed E-state index contributed by atoms with van der Waals surface area (Å²) in [5.41, 5.74) is 10.6. The van der Waals surface area contributed by atoms with Crippen LogP contribution in [-0.2, 0) is 14.8 Å². The summed E-state index contributed by atoms with van der Waals surface area (Å²) in [5, 5.41) is 4.79. The summed E-state index contributed by atoms with van der Waals surface area (Å²) < 4.78 is 19.5. The summed E-state index contributed by atoms with van der Waals surface area (Å²) in [5.74, 6) is 1.26. The number of benzene rings is 5. The van der Waals surface area contributed by atoms with E-state index in [9.17, 15) is 0 Å². The van der Waals surface area contributed by atoms with Crippen molar-refractivity contribution in [3.8, 4) is 28.0 Å². The molecule has 1 aliphatic rings. The third kappa shape index (κ3) is 6.49. The molecule has 0 radical (unpaired) electrons. The van der Waals surface area contributed by atoms with E-state index in [2.05, 4.69) is 132 Å². The normalized spacial score (nSPS) is 16.2. The maximum atomic E-state index is 6.86. The molecule has 0 saturated carbocycles. The van der Waals surface area contributed by atoms with Gasteiger partial charge in [0.2, 0.25) is 0 Å². The first-order chi connectivity index (χ1) is 22.7. The predicted octanol–water partition coefficient (Wildman–Crippen LogP) is 5.79. The Balaban J connectivity index is 1.78. The molecule has 5 aromatic carbocycles. The SMILES string of the molecule is BCC(C)(C)c1cc(B2CC(C)C(C)(C)O2)c(OCOCC)c(-c2c3ccc(B)cc3c(-c3cc(B)cc(C)c3)c3cc(S)ccc23)c1. The molecule has 6 rings (SSSR count). The average molecular weight is 652 g/mol. The third-order valence-electron chi connectivity index (χ3n) is 10.9. The second-order valence-electron chi connectivity index (χ2n) is 15.2. The van der Waals surface area contributed by atoms with Crippen molar-refractivity contribution < 1.29 is 14.1 Å². The van der Waals surface area contributed by atoms with Crippen molar-refractivity contribution in [2.24, 2.45) is 5.92 Å². The van der Waals surface area contributed by atoms with E-state index in [1.165, 1.54) is 60.3 Å². The topological polar surface area (TPSA) is 27.7 Å². The van der Waals surface area contributed by atoms with Gasteiger partial charge in [0.1, 0.15) is 29.3 Å². The molecule has 1 fully saturated rings.